The van der Waals surface area contributed by atoms with Crippen molar-refractivity contribution in [2.24, 2.45) is 0 Å². The summed E-state index contributed by atoms with van der Waals surface area (Å²) in [6.45, 7) is 18.3. The normalized spacial score (nSPS) is 17.6. The van der Waals surface area contributed by atoms with Crippen LogP contribution in [0.2, 0.25) is 5.02 Å². The van der Waals surface area contributed by atoms with Gasteiger partial charge < -0.3 is 19.4 Å². The number of hydrogen-bond donors (Lipinski definition) is 0. The fourth-order valence-corrected chi connectivity index (χ4v) is 6.42. The molecule has 5 rings (SSSR count). The maximum Gasteiger partial charge on any atom is 0.350 e. The Balaban J connectivity index is 0.00000148. The first-order valence-electron chi connectivity index (χ1n) is 15.9. The molecule has 1 saturated heterocycles. The van der Waals surface area contributed by atoms with Crippen LogP contribution in [0, 0.1) is 11.6 Å². The van der Waals surface area contributed by atoms with Crippen molar-refractivity contribution in [2.45, 2.75) is 66.0 Å². The molecule has 1 amide bonds. The van der Waals surface area contributed by atoms with Gasteiger partial charge in [0.1, 0.15) is 24.1 Å². The van der Waals surface area contributed by atoms with Crippen molar-refractivity contribution in [1.82, 2.24) is 19.4 Å². The average Bonchev–Trinajstić information content (AvgIpc) is 3.02. The van der Waals surface area contributed by atoms with Crippen LogP contribution in [0.5, 0.6) is 5.75 Å². The SMILES string of the molecule is C=CC(=O)N1CCN(c2nc(=O)n3c4c(c(-c5ccc(F)cc5F)c(Cl)cc24)OCC3CCCN(CC)CC)C(C)C1.CCC. The molecule has 0 aliphatic carbocycles. The van der Waals surface area contributed by atoms with Gasteiger partial charge in [-0.2, -0.15) is 4.98 Å². The summed E-state index contributed by atoms with van der Waals surface area (Å²) in [5.41, 5.74) is 0.409. The molecular formula is C34H44ClF2N5O3. The van der Waals surface area contributed by atoms with Crippen molar-refractivity contribution >= 4 is 34.2 Å². The highest BCUT2D eigenvalue weighted by atomic mass is 35.5. The van der Waals surface area contributed by atoms with Gasteiger partial charge >= 0.3 is 5.69 Å². The van der Waals surface area contributed by atoms with E-state index >= 15 is 4.39 Å². The number of carbonyl (C=O) groups excluding carboxylic acids is 1. The highest BCUT2D eigenvalue weighted by molar-refractivity contribution is 6.35. The molecule has 0 N–H and O–H groups in total. The highest BCUT2D eigenvalue weighted by Gasteiger charge is 2.34. The van der Waals surface area contributed by atoms with Gasteiger partial charge in [0.05, 0.1) is 16.6 Å². The Hall–Kier alpha value is -3.50. The van der Waals surface area contributed by atoms with Crippen LogP contribution in [0.4, 0.5) is 14.6 Å². The summed E-state index contributed by atoms with van der Waals surface area (Å²) in [4.78, 5) is 36.7. The van der Waals surface area contributed by atoms with Crippen LogP contribution < -0.4 is 15.3 Å². The van der Waals surface area contributed by atoms with Gasteiger partial charge in [-0.25, -0.2) is 13.6 Å². The topological polar surface area (TPSA) is 70.9 Å². The number of piperazine rings is 1. The van der Waals surface area contributed by atoms with E-state index in [0.29, 0.717) is 42.8 Å². The number of rotatable bonds is 9. The van der Waals surface area contributed by atoms with E-state index in [4.69, 9.17) is 16.3 Å². The molecule has 3 heterocycles. The number of aromatic nitrogens is 2. The van der Waals surface area contributed by atoms with E-state index in [-0.39, 0.29) is 46.5 Å². The van der Waals surface area contributed by atoms with E-state index in [0.717, 1.165) is 32.1 Å². The zero-order chi connectivity index (χ0) is 32.8. The van der Waals surface area contributed by atoms with E-state index in [1.807, 2.05) is 11.8 Å². The predicted molar refractivity (Wildman–Crippen MR) is 177 cm³/mol. The number of halogens is 3. The molecule has 45 heavy (non-hydrogen) atoms. The summed E-state index contributed by atoms with van der Waals surface area (Å²) in [6, 6.07) is 4.55. The van der Waals surface area contributed by atoms with Gasteiger partial charge in [0, 0.05) is 48.3 Å². The predicted octanol–water partition coefficient (Wildman–Crippen LogP) is 6.69. The molecular weight excluding hydrogens is 600 g/mol. The summed E-state index contributed by atoms with van der Waals surface area (Å²) in [7, 11) is 0. The van der Waals surface area contributed by atoms with Crippen LogP contribution in [0.3, 0.4) is 0 Å². The van der Waals surface area contributed by atoms with E-state index in [1.54, 1.807) is 15.5 Å². The lowest BCUT2D eigenvalue weighted by atomic mass is 9.98. The molecule has 8 nitrogen and oxygen atoms in total. The maximum absolute atomic E-state index is 15.1. The molecule has 0 spiro atoms. The number of amides is 1. The van der Waals surface area contributed by atoms with Gasteiger partial charge in [-0.15, -0.1) is 0 Å². The van der Waals surface area contributed by atoms with Crippen molar-refractivity contribution in [3.8, 4) is 16.9 Å². The second-order valence-electron chi connectivity index (χ2n) is 11.5. The average molecular weight is 644 g/mol. The maximum atomic E-state index is 15.1. The van der Waals surface area contributed by atoms with Crippen LogP contribution in [0.1, 0.15) is 59.9 Å². The first-order valence-corrected chi connectivity index (χ1v) is 16.2. The summed E-state index contributed by atoms with van der Waals surface area (Å²) in [5, 5.41) is 0.800. The summed E-state index contributed by atoms with van der Waals surface area (Å²) >= 11 is 6.82. The quantitative estimate of drug-likeness (QED) is 0.242. The third-order valence-electron chi connectivity index (χ3n) is 8.37. The monoisotopic (exact) mass is 643 g/mol. The van der Waals surface area contributed by atoms with Crippen molar-refractivity contribution in [3.63, 3.8) is 0 Å². The Kier molecular flexibility index (Phi) is 11.6. The Bertz CT molecular complexity index is 1590. The van der Waals surface area contributed by atoms with Crippen LogP contribution in [-0.4, -0.2) is 77.2 Å². The van der Waals surface area contributed by atoms with Crippen molar-refractivity contribution < 1.29 is 18.3 Å². The van der Waals surface area contributed by atoms with E-state index in [2.05, 4.69) is 44.2 Å². The summed E-state index contributed by atoms with van der Waals surface area (Å²) in [6.07, 6.45) is 4.08. The zero-order valence-corrected chi connectivity index (χ0v) is 27.7. The third-order valence-corrected chi connectivity index (χ3v) is 8.67. The van der Waals surface area contributed by atoms with Gasteiger partial charge in [0.2, 0.25) is 5.91 Å². The minimum Gasteiger partial charge on any atom is -0.488 e. The lowest BCUT2D eigenvalue weighted by molar-refractivity contribution is -0.126. The standard InChI is InChI=1S/C31H36ClF2N5O3.C3H8/c1-5-26(40)37-13-14-38(19(4)17-37)30-23-16-24(32)27(22-11-10-20(33)15-25(22)34)29-28(23)39(31(41)35-30)21(18-42-29)9-8-12-36(6-2)7-3;1-3-2/h5,10-11,15-16,19,21H,1,6-9,12-14,17-18H2,2-4H3;3H2,1-2H3. The van der Waals surface area contributed by atoms with E-state index in [9.17, 15) is 14.0 Å². The number of ether oxygens (including phenoxy) is 1. The second kappa shape index (κ2) is 15.2. The molecule has 11 heteroatoms. The molecule has 0 radical (unpaired) electrons. The minimum absolute atomic E-state index is 0.0839. The fraction of sp³-hybridized carbons (Fsp3) is 0.500. The first-order chi connectivity index (χ1) is 21.6. The van der Waals surface area contributed by atoms with Crippen LogP contribution >= 0.6 is 11.6 Å². The molecule has 0 saturated carbocycles. The van der Waals surface area contributed by atoms with E-state index < -0.39 is 17.3 Å². The Labute approximate surface area is 269 Å². The lowest BCUT2D eigenvalue weighted by Gasteiger charge is -2.41. The number of nitrogens with zero attached hydrogens (tertiary/aromatic N) is 5. The van der Waals surface area contributed by atoms with Crippen LogP contribution in [0.15, 0.2) is 41.7 Å². The summed E-state index contributed by atoms with van der Waals surface area (Å²) < 4.78 is 36.9. The number of hydrogen-bond acceptors (Lipinski definition) is 6. The number of anilines is 1. The minimum atomic E-state index is -0.780. The molecule has 3 aromatic rings. The molecule has 1 fully saturated rings. The van der Waals surface area contributed by atoms with Crippen LogP contribution in [-0.2, 0) is 4.79 Å². The smallest absolute Gasteiger partial charge is 0.350 e. The molecule has 2 atom stereocenters. The molecule has 2 unspecified atom stereocenters. The van der Waals surface area contributed by atoms with Gasteiger partial charge in [-0.1, -0.05) is 52.3 Å². The van der Waals surface area contributed by atoms with Gasteiger partial charge in [-0.05, 0) is 63.7 Å². The Morgan fingerprint density at radius 2 is 1.89 bits per heavy atom. The van der Waals surface area contributed by atoms with Gasteiger partial charge in [-0.3, -0.25) is 9.36 Å². The lowest BCUT2D eigenvalue weighted by Crippen LogP contribution is -2.54. The third kappa shape index (κ3) is 7.17. The molecule has 0 bridgehead atoms. The highest BCUT2D eigenvalue weighted by Crippen LogP contribution is 2.47. The van der Waals surface area contributed by atoms with Crippen LogP contribution in [0.25, 0.3) is 22.0 Å². The number of benzene rings is 2. The summed E-state index contributed by atoms with van der Waals surface area (Å²) in [5.74, 6) is -0.927. The Morgan fingerprint density at radius 1 is 1.18 bits per heavy atom. The van der Waals surface area contributed by atoms with Crippen molar-refractivity contribution in [2.75, 3.05) is 50.8 Å². The molecule has 244 valence electrons. The Morgan fingerprint density at radius 3 is 2.51 bits per heavy atom. The van der Waals surface area contributed by atoms with Crippen molar-refractivity contribution in [3.05, 3.63) is 64.1 Å². The van der Waals surface area contributed by atoms with E-state index in [1.165, 1.54) is 24.6 Å². The largest absolute Gasteiger partial charge is 0.488 e. The molecule has 1 aromatic heterocycles. The van der Waals surface area contributed by atoms with Gasteiger partial charge in [0.25, 0.3) is 0 Å². The first kappa shape index (κ1) is 34.4. The van der Waals surface area contributed by atoms with Crippen molar-refractivity contribution in [1.29, 1.82) is 0 Å². The van der Waals surface area contributed by atoms with Gasteiger partial charge in [0.15, 0.2) is 5.75 Å². The molecule has 2 aliphatic rings. The fourth-order valence-electron chi connectivity index (χ4n) is 6.13. The zero-order valence-electron chi connectivity index (χ0n) is 26.9. The second-order valence-corrected chi connectivity index (χ2v) is 11.9. The molecule has 2 aromatic carbocycles. The molecule has 2 aliphatic heterocycles. The number of carbonyl (C=O) groups is 1.